The summed E-state index contributed by atoms with van der Waals surface area (Å²) in [6.07, 6.45) is 0. The maximum Gasteiger partial charge on any atom is 0.338 e. The number of rotatable bonds is 3. The lowest BCUT2D eigenvalue weighted by molar-refractivity contribution is 0.0526. The topological polar surface area (TPSA) is 43.4 Å². The van der Waals surface area contributed by atoms with Crippen LogP contribution in [0.5, 0.6) is 0 Å². The zero-order chi connectivity index (χ0) is 11.4. The number of hydrogen-bond donors (Lipinski definition) is 0. The largest absolute Gasteiger partial charge is 0.462 e. The number of hydrogen-bond acceptors (Lipinski definition) is 3. The standard InChI is InChI=1S/C11H11BrO3/c1-3-15-11(14)8-4-5-9(7(2)13)10(12)6-8/h4-6H,3H2,1-2H3. The van der Waals surface area contributed by atoms with Crippen LogP contribution in [0, 0.1) is 0 Å². The van der Waals surface area contributed by atoms with Crippen molar-refractivity contribution >= 4 is 27.7 Å². The predicted octanol–water partition coefficient (Wildman–Crippen LogP) is 2.83. The summed E-state index contributed by atoms with van der Waals surface area (Å²) in [6.45, 7) is 3.56. The zero-order valence-corrected chi connectivity index (χ0v) is 10.1. The van der Waals surface area contributed by atoms with Crippen molar-refractivity contribution in [3.8, 4) is 0 Å². The van der Waals surface area contributed by atoms with Gasteiger partial charge in [-0.25, -0.2) is 4.79 Å². The molecule has 15 heavy (non-hydrogen) atoms. The van der Waals surface area contributed by atoms with E-state index < -0.39 is 0 Å². The number of carbonyl (C=O) groups excluding carboxylic acids is 2. The number of ketones is 1. The fourth-order valence-electron chi connectivity index (χ4n) is 1.14. The first-order valence-corrected chi connectivity index (χ1v) is 5.33. The van der Waals surface area contributed by atoms with Crippen LogP contribution in [0.25, 0.3) is 0 Å². The van der Waals surface area contributed by atoms with Crippen molar-refractivity contribution < 1.29 is 14.3 Å². The smallest absolute Gasteiger partial charge is 0.338 e. The molecule has 0 N–H and O–H groups in total. The molecule has 0 aromatic heterocycles. The van der Waals surface area contributed by atoms with Crippen molar-refractivity contribution in [2.75, 3.05) is 6.61 Å². The molecule has 0 aliphatic heterocycles. The SMILES string of the molecule is CCOC(=O)c1ccc(C(C)=O)c(Br)c1. The molecule has 1 aromatic rings. The Morgan fingerprint density at radius 3 is 2.53 bits per heavy atom. The van der Waals surface area contributed by atoms with Crippen molar-refractivity contribution in [2.45, 2.75) is 13.8 Å². The molecule has 0 heterocycles. The Morgan fingerprint density at radius 1 is 1.40 bits per heavy atom. The van der Waals surface area contributed by atoms with E-state index in [-0.39, 0.29) is 11.8 Å². The van der Waals surface area contributed by atoms with Gasteiger partial charge in [-0.3, -0.25) is 4.79 Å². The minimum Gasteiger partial charge on any atom is -0.462 e. The average molecular weight is 271 g/mol. The molecule has 0 spiro atoms. The quantitative estimate of drug-likeness (QED) is 0.627. The number of benzene rings is 1. The van der Waals surface area contributed by atoms with Crippen molar-refractivity contribution in [2.24, 2.45) is 0 Å². The van der Waals surface area contributed by atoms with Crippen LogP contribution < -0.4 is 0 Å². The molecule has 0 aliphatic carbocycles. The second-order valence-electron chi connectivity index (χ2n) is 2.97. The van der Waals surface area contributed by atoms with E-state index in [4.69, 9.17) is 4.74 Å². The highest BCUT2D eigenvalue weighted by Gasteiger charge is 2.10. The Bertz CT molecular complexity index is 399. The van der Waals surface area contributed by atoms with Gasteiger partial charge in [0.25, 0.3) is 0 Å². The van der Waals surface area contributed by atoms with E-state index in [9.17, 15) is 9.59 Å². The highest BCUT2D eigenvalue weighted by Crippen LogP contribution is 2.19. The molecule has 1 aromatic carbocycles. The summed E-state index contributed by atoms with van der Waals surface area (Å²) in [6, 6.07) is 4.78. The summed E-state index contributed by atoms with van der Waals surface area (Å²) in [5, 5.41) is 0. The fourth-order valence-corrected chi connectivity index (χ4v) is 1.80. The second-order valence-corrected chi connectivity index (χ2v) is 3.83. The molecule has 4 heteroatoms. The van der Waals surface area contributed by atoms with E-state index in [1.807, 2.05) is 0 Å². The fraction of sp³-hybridized carbons (Fsp3) is 0.273. The van der Waals surface area contributed by atoms with Crippen LogP contribution >= 0.6 is 15.9 Å². The third-order valence-corrected chi connectivity index (χ3v) is 2.52. The predicted molar refractivity (Wildman–Crippen MR) is 60.1 cm³/mol. The van der Waals surface area contributed by atoms with Gasteiger partial charge < -0.3 is 4.74 Å². The Hall–Kier alpha value is -1.16. The van der Waals surface area contributed by atoms with Gasteiger partial charge in [-0.05, 0) is 32.0 Å². The van der Waals surface area contributed by atoms with Crippen LogP contribution in [0.1, 0.15) is 34.6 Å². The van der Waals surface area contributed by atoms with Crippen LogP contribution in [0.3, 0.4) is 0 Å². The van der Waals surface area contributed by atoms with E-state index in [1.165, 1.54) is 6.92 Å². The van der Waals surface area contributed by atoms with Gasteiger partial charge >= 0.3 is 5.97 Å². The highest BCUT2D eigenvalue weighted by molar-refractivity contribution is 9.10. The number of Topliss-reactive ketones (excluding diaryl/α,β-unsaturated/α-hetero) is 1. The molecule has 0 unspecified atom stereocenters. The number of ether oxygens (including phenoxy) is 1. The van der Waals surface area contributed by atoms with Gasteiger partial charge in [0.1, 0.15) is 0 Å². The van der Waals surface area contributed by atoms with Crippen LogP contribution in [0.4, 0.5) is 0 Å². The third-order valence-electron chi connectivity index (χ3n) is 1.86. The van der Waals surface area contributed by atoms with Crippen LogP contribution in [-0.2, 0) is 4.74 Å². The Kier molecular flexibility index (Phi) is 4.03. The average Bonchev–Trinajstić information content (AvgIpc) is 2.17. The van der Waals surface area contributed by atoms with E-state index in [2.05, 4.69) is 15.9 Å². The molecule has 0 saturated carbocycles. The monoisotopic (exact) mass is 270 g/mol. The lowest BCUT2D eigenvalue weighted by Gasteiger charge is -2.04. The highest BCUT2D eigenvalue weighted by atomic mass is 79.9. The number of halogens is 1. The molecule has 0 aliphatic rings. The lowest BCUT2D eigenvalue weighted by atomic mass is 10.1. The van der Waals surface area contributed by atoms with Crippen LogP contribution in [0.15, 0.2) is 22.7 Å². The first kappa shape index (κ1) is 11.9. The summed E-state index contributed by atoms with van der Waals surface area (Å²) in [5.74, 6) is -0.425. The normalized spacial score (nSPS) is 9.80. The second kappa shape index (κ2) is 5.07. The molecular formula is C11H11BrO3. The summed E-state index contributed by atoms with van der Waals surface area (Å²) >= 11 is 3.24. The van der Waals surface area contributed by atoms with Crippen molar-refractivity contribution in [1.29, 1.82) is 0 Å². The summed E-state index contributed by atoms with van der Waals surface area (Å²) in [4.78, 5) is 22.5. The van der Waals surface area contributed by atoms with Crippen molar-refractivity contribution in [3.05, 3.63) is 33.8 Å². The molecule has 0 saturated heterocycles. The molecular weight excluding hydrogens is 260 g/mol. The van der Waals surface area contributed by atoms with E-state index in [0.717, 1.165) is 0 Å². The molecule has 0 amide bonds. The number of carbonyl (C=O) groups is 2. The zero-order valence-electron chi connectivity index (χ0n) is 8.54. The third kappa shape index (κ3) is 2.89. The van der Waals surface area contributed by atoms with E-state index in [0.29, 0.717) is 22.2 Å². The van der Waals surface area contributed by atoms with Crippen LogP contribution in [0.2, 0.25) is 0 Å². The molecule has 0 bridgehead atoms. The first-order valence-electron chi connectivity index (χ1n) is 4.54. The minimum atomic E-state index is -0.381. The van der Waals surface area contributed by atoms with Gasteiger partial charge in [-0.2, -0.15) is 0 Å². The maximum absolute atomic E-state index is 11.4. The van der Waals surface area contributed by atoms with Crippen molar-refractivity contribution in [1.82, 2.24) is 0 Å². The van der Waals surface area contributed by atoms with E-state index >= 15 is 0 Å². The first-order chi connectivity index (χ1) is 7.06. The van der Waals surface area contributed by atoms with Crippen molar-refractivity contribution in [3.63, 3.8) is 0 Å². The van der Waals surface area contributed by atoms with Gasteiger partial charge in [0, 0.05) is 10.0 Å². The minimum absolute atomic E-state index is 0.0442. The molecule has 3 nitrogen and oxygen atoms in total. The molecule has 0 fully saturated rings. The van der Waals surface area contributed by atoms with Gasteiger partial charge in [0.2, 0.25) is 0 Å². The Labute approximate surface area is 96.6 Å². The molecule has 1 rings (SSSR count). The Balaban J connectivity index is 3.01. The Morgan fingerprint density at radius 2 is 2.07 bits per heavy atom. The summed E-state index contributed by atoms with van der Waals surface area (Å²) < 4.78 is 5.45. The van der Waals surface area contributed by atoms with Gasteiger partial charge in [-0.1, -0.05) is 15.9 Å². The van der Waals surface area contributed by atoms with Crippen LogP contribution in [-0.4, -0.2) is 18.4 Å². The van der Waals surface area contributed by atoms with Gasteiger partial charge in [0.05, 0.1) is 12.2 Å². The number of esters is 1. The van der Waals surface area contributed by atoms with Gasteiger partial charge in [-0.15, -0.1) is 0 Å². The summed E-state index contributed by atoms with van der Waals surface area (Å²) in [7, 11) is 0. The summed E-state index contributed by atoms with van der Waals surface area (Å²) in [5.41, 5.74) is 0.997. The molecule has 80 valence electrons. The van der Waals surface area contributed by atoms with E-state index in [1.54, 1.807) is 25.1 Å². The lowest BCUT2D eigenvalue weighted by Crippen LogP contribution is -2.05. The van der Waals surface area contributed by atoms with Gasteiger partial charge in [0.15, 0.2) is 5.78 Å². The molecule has 0 radical (unpaired) electrons. The maximum atomic E-state index is 11.4. The molecule has 0 atom stereocenters.